The molecule has 0 saturated carbocycles. The van der Waals surface area contributed by atoms with Crippen LogP contribution in [-0.4, -0.2) is 32.5 Å². The number of hydrogen-bond donors (Lipinski definition) is 0. The smallest absolute Gasteiger partial charge is 0.133 e. The largest absolute Gasteiger partial charge is 0.488 e. The van der Waals surface area contributed by atoms with Crippen molar-refractivity contribution >= 4 is 40.2 Å². The van der Waals surface area contributed by atoms with Crippen molar-refractivity contribution in [2.24, 2.45) is 4.99 Å². The van der Waals surface area contributed by atoms with Crippen LogP contribution in [0.15, 0.2) is 71.7 Å². The van der Waals surface area contributed by atoms with Crippen LogP contribution in [0.3, 0.4) is 0 Å². The van der Waals surface area contributed by atoms with Gasteiger partial charge in [0.1, 0.15) is 18.2 Å². The summed E-state index contributed by atoms with van der Waals surface area (Å²) >= 11 is 2.24. The van der Waals surface area contributed by atoms with Crippen LogP contribution in [0.5, 0.6) is 5.75 Å². The quantitative estimate of drug-likeness (QED) is 0.316. The Hall–Kier alpha value is -2.45. The third-order valence-corrected chi connectivity index (χ3v) is 5.67. The number of rotatable bonds is 6. The van der Waals surface area contributed by atoms with E-state index in [0.717, 1.165) is 52.4 Å². The molecule has 0 N–H and O–H groups in total. The lowest BCUT2D eigenvalue weighted by Gasteiger charge is -2.28. The lowest BCUT2D eigenvalue weighted by Crippen LogP contribution is -2.36. The molecule has 1 aliphatic rings. The van der Waals surface area contributed by atoms with E-state index in [1.54, 1.807) is 6.07 Å². The predicted octanol–water partition coefficient (Wildman–Crippen LogP) is 5.60. The van der Waals surface area contributed by atoms with Crippen LogP contribution in [-0.2, 0) is 11.3 Å². The first-order valence-electron chi connectivity index (χ1n) is 9.81. The second-order valence-corrected chi connectivity index (χ2v) is 8.14. The number of anilines is 1. The van der Waals surface area contributed by atoms with Crippen LogP contribution < -0.4 is 9.64 Å². The molecule has 4 rings (SSSR count). The maximum Gasteiger partial charge on any atom is 0.133 e. The zero-order valence-electron chi connectivity index (χ0n) is 16.4. The number of aliphatic imine (C=N–C) groups is 1. The molecule has 1 saturated heterocycles. The van der Waals surface area contributed by atoms with Crippen LogP contribution in [0.25, 0.3) is 0 Å². The van der Waals surface area contributed by atoms with Gasteiger partial charge in [-0.25, -0.2) is 4.39 Å². The third-order valence-electron chi connectivity index (χ3n) is 4.83. The van der Waals surface area contributed by atoms with E-state index in [2.05, 4.69) is 44.6 Å². The minimum absolute atomic E-state index is 0.254. The molecule has 3 aromatic carbocycles. The molecule has 154 valence electrons. The van der Waals surface area contributed by atoms with Crippen molar-refractivity contribution in [1.82, 2.24) is 0 Å². The highest BCUT2D eigenvalue weighted by Gasteiger charge is 2.10. The fourth-order valence-corrected chi connectivity index (χ4v) is 3.92. The number of benzene rings is 3. The van der Waals surface area contributed by atoms with Crippen LogP contribution in [0, 0.1) is 9.39 Å². The van der Waals surface area contributed by atoms with Crippen molar-refractivity contribution in [3.8, 4) is 5.75 Å². The summed E-state index contributed by atoms with van der Waals surface area (Å²) in [6.45, 7) is 3.74. The van der Waals surface area contributed by atoms with Gasteiger partial charge in [-0.05, 0) is 88.3 Å². The van der Waals surface area contributed by atoms with Crippen molar-refractivity contribution < 1.29 is 13.9 Å². The van der Waals surface area contributed by atoms with Crippen LogP contribution in [0.4, 0.5) is 15.8 Å². The Labute approximate surface area is 189 Å². The topological polar surface area (TPSA) is 34.1 Å². The first kappa shape index (κ1) is 20.8. The molecule has 0 aliphatic carbocycles. The summed E-state index contributed by atoms with van der Waals surface area (Å²) in [5, 5.41) is 0. The number of nitrogens with zero attached hydrogens (tertiary/aromatic N) is 2. The molecule has 1 aliphatic heterocycles. The minimum Gasteiger partial charge on any atom is -0.488 e. The summed E-state index contributed by atoms with van der Waals surface area (Å²) in [5.41, 5.74) is 3.91. The lowest BCUT2D eigenvalue weighted by molar-refractivity contribution is 0.122. The Morgan fingerprint density at radius 2 is 1.83 bits per heavy atom. The van der Waals surface area contributed by atoms with Gasteiger partial charge in [-0.15, -0.1) is 0 Å². The molecular weight excluding hydrogens is 494 g/mol. The molecule has 3 aromatic rings. The van der Waals surface area contributed by atoms with Crippen LogP contribution in [0.2, 0.25) is 0 Å². The third kappa shape index (κ3) is 5.58. The first-order valence-corrected chi connectivity index (χ1v) is 10.9. The Morgan fingerprint density at radius 1 is 1.03 bits per heavy atom. The second-order valence-electron chi connectivity index (χ2n) is 6.98. The molecule has 1 fully saturated rings. The maximum atomic E-state index is 13.3. The van der Waals surface area contributed by atoms with E-state index in [1.807, 2.05) is 42.6 Å². The summed E-state index contributed by atoms with van der Waals surface area (Å²) in [7, 11) is 0. The van der Waals surface area contributed by atoms with Gasteiger partial charge in [0, 0.05) is 25.0 Å². The monoisotopic (exact) mass is 516 g/mol. The van der Waals surface area contributed by atoms with Gasteiger partial charge in [0.05, 0.1) is 22.5 Å². The number of morpholine rings is 1. The molecule has 0 unspecified atom stereocenters. The van der Waals surface area contributed by atoms with Gasteiger partial charge in [-0.1, -0.05) is 12.1 Å². The van der Waals surface area contributed by atoms with Crippen molar-refractivity contribution in [3.05, 3.63) is 87.2 Å². The highest BCUT2D eigenvalue weighted by atomic mass is 127. The van der Waals surface area contributed by atoms with E-state index in [9.17, 15) is 4.39 Å². The van der Waals surface area contributed by atoms with E-state index < -0.39 is 0 Å². The van der Waals surface area contributed by atoms with Gasteiger partial charge in [0.15, 0.2) is 0 Å². The molecule has 0 radical (unpaired) electrons. The van der Waals surface area contributed by atoms with Gasteiger partial charge in [-0.2, -0.15) is 0 Å². The summed E-state index contributed by atoms with van der Waals surface area (Å²) < 4.78 is 25.5. The fraction of sp³-hybridized carbons (Fsp3) is 0.208. The summed E-state index contributed by atoms with van der Waals surface area (Å²) in [6.07, 6.45) is 1.85. The number of hydrogen-bond acceptors (Lipinski definition) is 4. The average Bonchev–Trinajstić information content (AvgIpc) is 2.78. The fourth-order valence-electron chi connectivity index (χ4n) is 3.22. The summed E-state index contributed by atoms with van der Waals surface area (Å²) in [5.74, 6) is 0.516. The van der Waals surface area contributed by atoms with Gasteiger partial charge >= 0.3 is 0 Å². The van der Waals surface area contributed by atoms with Gasteiger partial charge in [0.2, 0.25) is 0 Å². The number of halogens is 2. The van der Waals surface area contributed by atoms with Gasteiger partial charge in [-0.3, -0.25) is 4.99 Å². The molecule has 0 aromatic heterocycles. The molecule has 4 nitrogen and oxygen atoms in total. The van der Waals surface area contributed by atoms with E-state index in [-0.39, 0.29) is 5.82 Å². The molecule has 30 heavy (non-hydrogen) atoms. The minimum atomic E-state index is -0.254. The molecule has 1 heterocycles. The van der Waals surface area contributed by atoms with E-state index in [1.165, 1.54) is 17.8 Å². The zero-order valence-corrected chi connectivity index (χ0v) is 18.6. The van der Waals surface area contributed by atoms with Crippen molar-refractivity contribution in [2.45, 2.75) is 6.61 Å². The zero-order chi connectivity index (χ0) is 20.8. The molecule has 0 spiro atoms. The molecule has 0 bridgehead atoms. The molecule has 6 heteroatoms. The highest BCUT2D eigenvalue weighted by molar-refractivity contribution is 14.1. The van der Waals surface area contributed by atoms with Crippen LogP contribution in [0.1, 0.15) is 11.1 Å². The Kier molecular flexibility index (Phi) is 6.96. The summed E-state index contributed by atoms with van der Waals surface area (Å²) in [4.78, 5) is 6.90. The normalized spacial score (nSPS) is 14.3. The van der Waals surface area contributed by atoms with Crippen LogP contribution >= 0.6 is 22.6 Å². The average molecular weight is 516 g/mol. The predicted molar refractivity (Wildman–Crippen MR) is 127 cm³/mol. The lowest BCUT2D eigenvalue weighted by atomic mass is 10.2. The molecular formula is C24H22FIN2O2. The van der Waals surface area contributed by atoms with Crippen molar-refractivity contribution in [1.29, 1.82) is 0 Å². The Bertz CT molecular complexity index is 1020. The maximum absolute atomic E-state index is 13.3. The number of ether oxygens (including phenoxy) is 2. The molecule has 0 amide bonds. The standard InChI is InChI=1S/C24H22FIN2O2/c25-20-3-1-2-19(14-20)17-30-24-9-4-18(15-23(24)26)16-27-21-5-7-22(8-6-21)28-10-12-29-13-11-28/h1-9,14-16H,10-13,17H2. The van der Waals surface area contributed by atoms with Crippen molar-refractivity contribution in [2.75, 3.05) is 31.2 Å². The highest BCUT2D eigenvalue weighted by Crippen LogP contribution is 2.24. The SMILES string of the molecule is Fc1cccc(COc2ccc(C=Nc3ccc(N4CCOCC4)cc3)cc2I)c1. The van der Waals surface area contributed by atoms with Crippen molar-refractivity contribution in [3.63, 3.8) is 0 Å². The van der Waals surface area contributed by atoms with E-state index >= 15 is 0 Å². The van der Waals surface area contributed by atoms with Gasteiger partial charge in [0.25, 0.3) is 0 Å². The van der Waals surface area contributed by atoms with E-state index in [4.69, 9.17) is 9.47 Å². The molecule has 0 atom stereocenters. The van der Waals surface area contributed by atoms with Gasteiger partial charge < -0.3 is 14.4 Å². The Balaban J connectivity index is 1.37. The second kappa shape index (κ2) is 10.0. The van der Waals surface area contributed by atoms with E-state index in [0.29, 0.717) is 6.61 Å². The summed E-state index contributed by atoms with van der Waals surface area (Å²) in [6, 6.07) is 20.6. The Morgan fingerprint density at radius 3 is 2.57 bits per heavy atom. The first-order chi connectivity index (χ1) is 14.7.